The van der Waals surface area contributed by atoms with E-state index >= 15 is 0 Å². The Bertz CT molecular complexity index is 837. The fraction of sp³-hybridized carbons (Fsp3) is 0.966. The van der Waals surface area contributed by atoms with Crippen LogP contribution < -0.4 is 0 Å². The van der Waals surface area contributed by atoms with Gasteiger partial charge in [0.2, 0.25) is 0 Å². The minimum Gasteiger partial charge on any atom is -0.381 e. The van der Waals surface area contributed by atoms with Crippen LogP contribution in [0.4, 0.5) is 0 Å². The molecule has 4 nitrogen and oxygen atoms in total. The summed E-state index contributed by atoms with van der Waals surface area (Å²) < 4.78 is 18.8. The molecule has 6 fully saturated rings. The van der Waals surface area contributed by atoms with E-state index in [0.717, 1.165) is 23.7 Å². The van der Waals surface area contributed by atoms with Crippen molar-refractivity contribution in [1.82, 2.24) is 0 Å². The molecule has 0 unspecified atom stereocenters. The van der Waals surface area contributed by atoms with Crippen molar-refractivity contribution in [1.29, 1.82) is 0 Å². The maximum absolute atomic E-state index is 12.4. The van der Waals surface area contributed by atoms with Gasteiger partial charge in [0.25, 0.3) is 0 Å². The maximum Gasteiger partial charge on any atom is 0.164 e. The lowest BCUT2D eigenvalue weighted by atomic mass is 9.45. The van der Waals surface area contributed by atoms with Gasteiger partial charge in [-0.15, -0.1) is 0 Å². The van der Waals surface area contributed by atoms with Crippen molar-refractivity contribution in [3.8, 4) is 0 Å². The standard InChI is InChI=1S/C29H46O4/c1-16(24-25(17(2)30)33-26(3,4)32-24)20-8-9-21-19-14-23(31-7)29-15-18(29)10-13-28(29,6)22(19)11-12-27(20,21)5/h16,18-25H,8-15H2,1-7H3/t16-,18-,19-,20+,21-,22-,23+,24+,25+,27+,28+,29-/m0/s1. The fourth-order valence-electron chi connectivity index (χ4n) is 11.2. The van der Waals surface area contributed by atoms with E-state index in [1.807, 2.05) is 21.0 Å². The normalized spacial score (nSPS) is 57.1. The van der Waals surface area contributed by atoms with Crippen LogP contribution in [-0.2, 0) is 19.0 Å². The summed E-state index contributed by atoms with van der Waals surface area (Å²) in [4.78, 5) is 12.4. The Morgan fingerprint density at radius 3 is 2.42 bits per heavy atom. The predicted octanol–water partition coefficient (Wildman–Crippen LogP) is 6.02. The largest absolute Gasteiger partial charge is 0.381 e. The number of ketones is 1. The highest BCUT2D eigenvalue weighted by Crippen LogP contribution is 2.82. The van der Waals surface area contributed by atoms with Crippen LogP contribution in [0.25, 0.3) is 0 Å². The van der Waals surface area contributed by atoms with E-state index in [2.05, 4.69) is 20.8 Å². The molecule has 0 aromatic rings. The number of methoxy groups -OCH3 is 1. The number of hydrogen-bond donors (Lipinski definition) is 0. The van der Waals surface area contributed by atoms with E-state index in [1.54, 1.807) is 6.92 Å². The molecule has 1 aliphatic heterocycles. The minimum atomic E-state index is -0.674. The molecule has 5 aliphatic carbocycles. The first-order chi connectivity index (χ1) is 15.5. The number of carbonyl (C=O) groups excluding carboxylic acids is 1. The Labute approximate surface area is 200 Å². The zero-order valence-corrected chi connectivity index (χ0v) is 22.0. The molecule has 12 atom stereocenters. The SMILES string of the molecule is CO[C@@H]1C[C@H]2[C@@H]3CC[C@H]([C@H](C)[C@H]4OC(C)(C)O[C@@H]4C(C)=O)[C@@]3(C)CC[C@@H]2[C@@]2(C)CC[C@H]3C[C@]312. The van der Waals surface area contributed by atoms with Crippen molar-refractivity contribution < 1.29 is 19.0 Å². The smallest absolute Gasteiger partial charge is 0.164 e. The van der Waals surface area contributed by atoms with Crippen molar-refractivity contribution >= 4 is 5.78 Å². The summed E-state index contributed by atoms with van der Waals surface area (Å²) in [5, 5.41) is 0. The molecule has 1 spiro atoms. The Hall–Kier alpha value is -0.450. The quantitative estimate of drug-likeness (QED) is 0.517. The Morgan fingerprint density at radius 2 is 1.76 bits per heavy atom. The molecule has 0 aromatic heterocycles. The number of rotatable bonds is 4. The second-order valence-corrected chi connectivity index (χ2v) is 14.0. The summed E-state index contributed by atoms with van der Waals surface area (Å²) in [6, 6.07) is 0. The van der Waals surface area contributed by atoms with Crippen LogP contribution in [0, 0.1) is 51.8 Å². The molecule has 1 saturated heterocycles. The van der Waals surface area contributed by atoms with Gasteiger partial charge in [-0.1, -0.05) is 20.8 Å². The average molecular weight is 459 g/mol. The second-order valence-electron chi connectivity index (χ2n) is 14.0. The molecular weight excluding hydrogens is 412 g/mol. The predicted molar refractivity (Wildman–Crippen MR) is 128 cm³/mol. The van der Waals surface area contributed by atoms with Crippen molar-refractivity contribution in [2.45, 2.75) is 117 Å². The zero-order chi connectivity index (χ0) is 23.6. The third-order valence-electron chi connectivity index (χ3n) is 12.6. The van der Waals surface area contributed by atoms with Crippen molar-refractivity contribution in [2.24, 2.45) is 51.8 Å². The lowest BCUT2D eigenvalue weighted by molar-refractivity contribution is -0.168. The van der Waals surface area contributed by atoms with Gasteiger partial charge in [-0.25, -0.2) is 0 Å². The lowest BCUT2D eigenvalue weighted by Crippen LogP contribution is -2.57. The summed E-state index contributed by atoms with van der Waals surface area (Å²) in [5.41, 5.74) is 1.31. The van der Waals surface area contributed by atoms with Gasteiger partial charge in [0, 0.05) is 12.5 Å². The minimum absolute atomic E-state index is 0.106. The van der Waals surface area contributed by atoms with Crippen LogP contribution in [0.5, 0.6) is 0 Å². The highest BCUT2D eigenvalue weighted by molar-refractivity contribution is 5.81. The van der Waals surface area contributed by atoms with E-state index in [-0.39, 0.29) is 11.9 Å². The van der Waals surface area contributed by atoms with E-state index in [9.17, 15) is 4.79 Å². The number of hydrogen-bond acceptors (Lipinski definition) is 4. The van der Waals surface area contributed by atoms with Gasteiger partial charge in [0.05, 0.1) is 12.2 Å². The molecule has 0 radical (unpaired) electrons. The molecule has 186 valence electrons. The molecule has 6 aliphatic rings. The van der Waals surface area contributed by atoms with Gasteiger partial charge in [-0.2, -0.15) is 0 Å². The van der Waals surface area contributed by atoms with Crippen molar-refractivity contribution in [3.05, 3.63) is 0 Å². The van der Waals surface area contributed by atoms with Gasteiger partial charge >= 0.3 is 0 Å². The number of carbonyl (C=O) groups is 1. The third kappa shape index (κ3) is 2.84. The van der Waals surface area contributed by atoms with Crippen LogP contribution in [0.2, 0.25) is 0 Å². The topological polar surface area (TPSA) is 44.8 Å². The van der Waals surface area contributed by atoms with Crippen LogP contribution in [0.1, 0.15) is 92.9 Å². The summed E-state index contributed by atoms with van der Waals surface area (Å²) in [6.07, 6.45) is 10.8. The van der Waals surface area contributed by atoms with Gasteiger partial charge < -0.3 is 14.2 Å². The second kappa shape index (κ2) is 7.07. The number of Topliss-reactive ketones (excluding diaryl/α,β-unsaturated/α-hetero) is 1. The van der Waals surface area contributed by atoms with Gasteiger partial charge in [-0.05, 0) is 118 Å². The van der Waals surface area contributed by atoms with Crippen LogP contribution in [0.15, 0.2) is 0 Å². The molecule has 0 amide bonds. The summed E-state index contributed by atoms with van der Waals surface area (Å²) >= 11 is 0. The molecule has 6 rings (SSSR count). The summed E-state index contributed by atoms with van der Waals surface area (Å²) in [5.74, 6) is 3.73. The Morgan fingerprint density at radius 1 is 1.00 bits per heavy atom. The number of fused-ring (bicyclic) bond motifs is 4. The van der Waals surface area contributed by atoms with E-state index in [1.165, 1.54) is 51.4 Å². The van der Waals surface area contributed by atoms with Crippen LogP contribution >= 0.6 is 0 Å². The van der Waals surface area contributed by atoms with Crippen molar-refractivity contribution in [2.75, 3.05) is 7.11 Å². The highest BCUT2D eigenvalue weighted by atomic mass is 16.8. The maximum atomic E-state index is 12.4. The fourth-order valence-corrected chi connectivity index (χ4v) is 11.2. The first-order valence-electron chi connectivity index (χ1n) is 13.9. The Kier molecular flexibility index (Phi) is 4.92. The monoisotopic (exact) mass is 458 g/mol. The molecule has 0 bridgehead atoms. The molecule has 4 heteroatoms. The first-order valence-corrected chi connectivity index (χ1v) is 13.9. The van der Waals surface area contributed by atoms with Crippen LogP contribution in [-0.4, -0.2) is 37.0 Å². The summed E-state index contributed by atoms with van der Waals surface area (Å²) in [7, 11) is 1.98. The van der Waals surface area contributed by atoms with E-state index in [0.29, 0.717) is 34.2 Å². The van der Waals surface area contributed by atoms with E-state index < -0.39 is 11.9 Å². The third-order valence-corrected chi connectivity index (χ3v) is 12.6. The van der Waals surface area contributed by atoms with E-state index in [4.69, 9.17) is 14.2 Å². The molecule has 33 heavy (non-hydrogen) atoms. The molecular formula is C29H46O4. The Balaban J connectivity index is 1.28. The average Bonchev–Trinajstić information content (AvgIpc) is 3.05. The van der Waals surface area contributed by atoms with Crippen LogP contribution in [0.3, 0.4) is 0 Å². The molecule has 5 saturated carbocycles. The molecule has 0 N–H and O–H groups in total. The number of ether oxygens (including phenoxy) is 3. The zero-order valence-electron chi connectivity index (χ0n) is 22.0. The van der Waals surface area contributed by atoms with Gasteiger partial charge in [0.1, 0.15) is 6.10 Å². The van der Waals surface area contributed by atoms with Gasteiger partial charge in [-0.3, -0.25) is 4.79 Å². The van der Waals surface area contributed by atoms with Gasteiger partial charge in [0.15, 0.2) is 11.6 Å². The highest BCUT2D eigenvalue weighted by Gasteiger charge is 2.77. The summed E-state index contributed by atoms with van der Waals surface area (Å²) in [6.45, 7) is 13.2. The molecule has 0 aromatic carbocycles. The molecule has 1 heterocycles. The lowest BCUT2D eigenvalue weighted by Gasteiger charge is -2.61. The van der Waals surface area contributed by atoms with Crippen molar-refractivity contribution in [3.63, 3.8) is 0 Å². The first kappa shape index (κ1) is 23.0.